The molecular formula is C18H19N3O2S2. The Hall–Kier alpha value is -2.12. The SMILES string of the molecule is CCn1c(SCC(=O)Nc2ccccc2)nc2sc(C)c(C)c2c1=O. The summed E-state index contributed by atoms with van der Waals surface area (Å²) in [7, 11) is 0. The van der Waals surface area contributed by atoms with Crippen molar-refractivity contribution >= 4 is 44.9 Å². The van der Waals surface area contributed by atoms with Gasteiger partial charge >= 0.3 is 0 Å². The van der Waals surface area contributed by atoms with Gasteiger partial charge in [0.15, 0.2) is 5.16 Å². The second-order valence-corrected chi connectivity index (χ2v) is 7.76. The molecule has 0 atom stereocenters. The van der Waals surface area contributed by atoms with Crippen LogP contribution in [0.3, 0.4) is 0 Å². The van der Waals surface area contributed by atoms with Crippen molar-refractivity contribution in [2.45, 2.75) is 32.5 Å². The summed E-state index contributed by atoms with van der Waals surface area (Å²) in [5, 5.41) is 4.13. The van der Waals surface area contributed by atoms with Gasteiger partial charge in [-0.25, -0.2) is 4.98 Å². The van der Waals surface area contributed by atoms with E-state index in [1.165, 1.54) is 23.1 Å². The van der Waals surface area contributed by atoms with E-state index in [2.05, 4.69) is 10.3 Å². The highest BCUT2D eigenvalue weighted by Gasteiger charge is 2.16. The number of thioether (sulfide) groups is 1. The first-order valence-electron chi connectivity index (χ1n) is 7.99. The van der Waals surface area contributed by atoms with E-state index in [-0.39, 0.29) is 17.2 Å². The predicted octanol–water partition coefficient (Wildman–Crippen LogP) is 3.83. The van der Waals surface area contributed by atoms with E-state index < -0.39 is 0 Å². The van der Waals surface area contributed by atoms with Gasteiger partial charge in [-0.3, -0.25) is 14.2 Å². The average Bonchev–Trinajstić information content (AvgIpc) is 2.88. The number of hydrogen-bond acceptors (Lipinski definition) is 5. The number of hydrogen-bond donors (Lipinski definition) is 1. The van der Waals surface area contributed by atoms with E-state index in [1.807, 2.05) is 51.1 Å². The van der Waals surface area contributed by atoms with Crippen LogP contribution in [0.5, 0.6) is 0 Å². The topological polar surface area (TPSA) is 64.0 Å². The number of nitrogens with one attached hydrogen (secondary N) is 1. The molecule has 0 aliphatic heterocycles. The van der Waals surface area contributed by atoms with Gasteiger partial charge < -0.3 is 5.32 Å². The average molecular weight is 374 g/mol. The maximum absolute atomic E-state index is 12.8. The van der Waals surface area contributed by atoms with Crippen LogP contribution in [0, 0.1) is 13.8 Å². The molecule has 25 heavy (non-hydrogen) atoms. The van der Waals surface area contributed by atoms with Gasteiger partial charge in [-0.1, -0.05) is 30.0 Å². The Bertz CT molecular complexity index is 977. The lowest BCUT2D eigenvalue weighted by atomic mass is 10.2. The molecule has 0 saturated carbocycles. The van der Waals surface area contributed by atoms with Crippen LogP contribution < -0.4 is 10.9 Å². The van der Waals surface area contributed by atoms with Crippen molar-refractivity contribution in [2.24, 2.45) is 0 Å². The van der Waals surface area contributed by atoms with Crippen molar-refractivity contribution in [1.29, 1.82) is 0 Å². The van der Waals surface area contributed by atoms with E-state index in [9.17, 15) is 9.59 Å². The lowest BCUT2D eigenvalue weighted by Gasteiger charge is -2.10. The van der Waals surface area contributed by atoms with Crippen LogP contribution in [0.25, 0.3) is 10.2 Å². The second-order valence-electron chi connectivity index (χ2n) is 5.61. The molecular weight excluding hydrogens is 354 g/mol. The van der Waals surface area contributed by atoms with Gasteiger partial charge in [-0.05, 0) is 38.5 Å². The Labute approximate surface area is 154 Å². The van der Waals surface area contributed by atoms with Crippen molar-refractivity contribution in [3.8, 4) is 0 Å². The van der Waals surface area contributed by atoms with Gasteiger partial charge in [-0.2, -0.15) is 0 Å². The number of aryl methyl sites for hydroxylation is 2. The number of amides is 1. The van der Waals surface area contributed by atoms with Crippen LogP contribution in [0.1, 0.15) is 17.4 Å². The van der Waals surface area contributed by atoms with Crippen LogP contribution in [0.2, 0.25) is 0 Å². The fourth-order valence-electron chi connectivity index (χ4n) is 2.55. The highest BCUT2D eigenvalue weighted by atomic mass is 32.2. The van der Waals surface area contributed by atoms with Crippen LogP contribution >= 0.6 is 23.1 Å². The molecule has 1 aromatic carbocycles. The Morgan fingerprint density at radius 2 is 2.00 bits per heavy atom. The number of nitrogens with zero attached hydrogens (tertiary/aromatic N) is 2. The maximum atomic E-state index is 12.8. The summed E-state index contributed by atoms with van der Waals surface area (Å²) in [6.07, 6.45) is 0. The maximum Gasteiger partial charge on any atom is 0.263 e. The standard InChI is InChI=1S/C18H19N3O2S2/c1-4-21-17(23)15-11(2)12(3)25-16(15)20-18(21)24-10-14(22)19-13-8-6-5-7-9-13/h5-9H,4,10H2,1-3H3,(H,19,22). The zero-order valence-corrected chi connectivity index (χ0v) is 16.0. The van der Waals surface area contributed by atoms with Crippen molar-refractivity contribution in [2.75, 3.05) is 11.1 Å². The molecule has 0 fully saturated rings. The van der Waals surface area contributed by atoms with Crippen LogP contribution in [0.4, 0.5) is 5.69 Å². The van der Waals surface area contributed by atoms with Crippen molar-refractivity contribution in [3.05, 3.63) is 51.1 Å². The van der Waals surface area contributed by atoms with Crippen molar-refractivity contribution < 1.29 is 4.79 Å². The third kappa shape index (κ3) is 3.62. The Kier molecular flexibility index (Phi) is 5.24. The molecule has 2 aromatic heterocycles. The van der Waals surface area contributed by atoms with Crippen LogP contribution in [-0.2, 0) is 11.3 Å². The molecule has 0 aliphatic carbocycles. The number of rotatable bonds is 5. The molecule has 7 heteroatoms. The van der Waals surface area contributed by atoms with Gasteiger partial charge in [0.25, 0.3) is 5.56 Å². The van der Waals surface area contributed by atoms with Crippen LogP contribution in [0.15, 0.2) is 40.3 Å². The monoisotopic (exact) mass is 373 g/mol. The summed E-state index contributed by atoms with van der Waals surface area (Å²) < 4.78 is 1.64. The van der Waals surface area contributed by atoms with E-state index >= 15 is 0 Å². The first-order valence-corrected chi connectivity index (χ1v) is 9.79. The van der Waals surface area contributed by atoms with E-state index in [0.29, 0.717) is 17.1 Å². The minimum atomic E-state index is -0.119. The molecule has 0 aliphatic rings. The van der Waals surface area contributed by atoms with Gasteiger partial charge in [0.2, 0.25) is 5.91 Å². The Morgan fingerprint density at radius 1 is 1.28 bits per heavy atom. The summed E-state index contributed by atoms with van der Waals surface area (Å²) in [6.45, 7) is 6.39. The first kappa shape index (κ1) is 17.7. The third-order valence-electron chi connectivity index (χ3n) is 3.96. The number of aromatic nitrogens is 2. The zero-order chi connectivity index (χ0) is 18.0. The highest BCUT2D eigenvalue weighted by Crippen LogP contribution is 2.28. The van der Waals surface area contributed by atoms with Gasteiger partial charge in [0.1, 0.15) is 4.83 Å². The second kappa shape index (κ2) is 7.41. The minimum absolute atomic E-state index is 0.0275. The first-order chi connectivity index (χ1) is 12.0. The Morgan fingerprint density at radius 3 is 2.68 bits per heavy atom. The fraction of sp³-hybridized carbons (Fsp3) is 0.278. The zero-order valence-electron chi connectivity index (χ0n) is 14.3. The largest absolute Gasteiger partial charge is 0.325 e. The van der Waals surface area contributed by atoms with Gasteiger partial charge in [0.05, 0.1) is 11.1 Å². The number of fused-ring (bicyclic) bond motifs is 1. The third-order valence-corrected chi connectivity index (χ3v) is 6.04. The van der Waals surface area contributed by atoms with E-state index in [4.69, 9.17) is 0 Å². The molecule has 1 amide bonds. The molecule has 5 nitrogen and oxygen atoms in total. The lowest BCUT2D eigenvalue weighted by Crippen LogP contribution is -2.23. The number of carbonyl (C=O) groups excluding carboxylic acids is 1. The van der Waals surface area contributed by atoms with Crippen molar-refractivity contribution in [1.82, 2.24) is 9.55 Å². The number of para-hydroxylation sites is 1. The predicted molar refractivity (Wildman–Crippen MR) is 105 cm³/mol. The fourth-order valence-corrected chi connectivity index (χ4v) is 4.48. The Balaban J connectivity index is 1.83. The lowest BCUT2D eigenvalue weighted by molar-refractivity contribution is -0.113. The molecule has 0 bridgehead atoms. The number of benzene rings is 1. The summed E-state index contributed by atoms with van der Waals surface area (Å²) >= 11 is 2.81. The molecule has 0 unspecified atom stereocenters. The molecule has 0 spiro atoms. The van der Waals surface area contributed by atoms with Gasteiger partial charge in [0, 0.05) is 17.1 Å². The minimum Gasteiger partial charge on any atom is -0.325 e. The smallest absolute Gasteiger partial charge is 0.263 e. The van der Waals surface area contributed by atoms with E-state index in [0.717, 1.165) is 21.0 Å². The molecule has 3 aromatic rings. The van der Waals surface area contributed by atoms with E-state index in [1.54, 1.807) is 4.57 Å². The summed E-state index contributed by atoms with van der Waals surface area (Å²) in [6, 6.07) is 9.31. The highest BCUT2D eigenvalue weighted by molar-refractivity contribution is 7.99. The summed E-state index contributed by atoms with van der Waals surface area (Å²) in [5.74, 6) is 0.0858. The van der Waals surface area contributed by atoms with Crippen molar-refractivity contribution in [3.63, 3.8) is 0 Å². The normalized spacial score (nSPS) is 11.0. The number of anilines is 1. The quantitative estimate of drug-likeness (QED) is 0.545. The molecule has 130 valence electrons. The molecule has 0 radical (unpaired) electrons. The molecule has 3 rings (SSSR count). The number of thiophene rings is 1. The molecule has 1 N–H and O–H groups in total. The van der Waals surface area contributed by atoms with Crippen LogP contribution in [-0.4, -0.2) is 21.2 Å². The molecule has 0 saturated heterocycles. The van der Waals surface area contributed by atoms with Gasteiger partial charge in [-0.15, -0.1) is 11.3 Å². The number of carbonyl (C=O) groups is 1. The molecule has 2 heterocycles. The summed E-state index contributed by atoms with van der Waals surface area (Å²) in [5.41, 5.74) is 1.73. The summed E-state index contributed by atoms with van der Waals surface area (Å²) in [4.78, 5) is 31.4.